The summed E-state index contributed by atoms with van der Waals surface area (Å²) < 4.78 is 0. The minimum atomic E-state index is -0.117. The zero-order valence-electron chi connectivity index (χ0n) is 9.75. The van der Waals surface area contributed by atoms with Crippen LogP contribution in [0.2, 0.25) is 10.0 Å². The highest BCUT2D eigenvalue weighted by atomic mass is 35.5. The molecule has 2 heterocycles. The quantitative estimate of drug-likeness (QED) is 0.879. The molecule has 0 bridgehead atoms. The van der Waals surface area contributed by atoms with Gasteiger partial charge in [0, 0.05) is 32.4 Å². The number of rotatable bonds is 3. The second kappa shape index (κ2) is 6.33. The molecule has 0 aromatic carbocycles. The largest absolute Gasteiger partial charge is 0.314 e. The number of nitrogens with one attached hydrogen (secondary N) is 2. The summed E-state index contributed by atoms with van der Waals surface area (Å²) in [5.41, 5.74) is 0. The van der Waals surface area contributed by atoms with Gasteiger partial charge in [-0.15, -0.1) is 0 Å². The van der Waals surface area contributed by atoms with Gasteiger partial charge < -0.3 is 10.6 Å². The lowest BCUT2D eigenvalue weighted by molar-refractivity contribution is -0.117. The van der Waals surface area contributed by atoms with Crippen LogP contribution in [0.3, 0.4) is 0 Å². The third kappa shape index (κ3) is 3.81. The molecule has 1 aliphatic heterocycles. The predicted octanol–water partition coefficient (Wildman–Crippen LogP) is 1.23. The van der Waals surface area contributed by atoms with E-state index in [-0.39, 0.29) is 5.91 Å². The highest BCUT2D eigenvalue weighted by Crippen LogP contribution is 2.22. The summed E-state index contributed by atoms with van der Waals surface area (Å²) in [7, 11) is 0. The number of hydrogen-bond donors (Lipinski definition) is 2. The van der Waals surface area contributed by atoms with E-state index in [1.165, 1.54) is 6.20 Å². The Morgan fingerprint density at radius 1 is 1.44 bits per heavy atom. The summed E-state index contributed by atoms with van der Waals surface area (Å²) in [6, 6.07) is 1.55. The molecule has 2 rings (SSSR count). The van der Waals surface area contributed by atoms with E-state index < -0.39 is 0 Å². The molecule has 1 amide bonds. The van der Waals surface area contributed by atoms with Gasteiger partial charge >= 0.3 is 0 Å². The fourth-order valence-electron chi connectivity index (χ4n) is 1.75. The van der Waals surface area contributed by atoms with Gasteiger partial charge in [-0.25, -0.2) is 4.98 Å². The number of amides is 1. The van der Waals surface area contributed by atoms with Crippen LogP contribution >= 0.6 is 23.2 Å². The van der Waals surface area contributed by atoms with Crippen molar-refractivity contribution < 1.29 is 4.79 Å². The number of anilines is 1. The Morgan fingerprint density at radius 2 is 2.17 bits per heavy atom. The van der Waals surface area contributed by atoms with Crippen molar-refractivity contribution in [3.05, 3.63) is 22.3 Å². The number of hydrogen-bond acceptors (Lipinski definition) is 4. The van der Waals surface area contributed by atoms with Gasteiger partial charge in [-0.3, -0.25) is 9.69 Å². The molecule has 1 aromatic heterocycles. The van der Waals surface area contributed by atoms with E-state index in [1.807, 2.05) is 0 Å². The summed E-state index contributed by atoms with van der Waals surface area (Å²) in [5.74, 6) is 0.231. The Hall–Kier alpha value is -0.880. The topological polar surface area (TPSA) is 57.3 Å². The smallest absolute Gasteiger partial charge is 0.239 e. The van der Waals surface area contributed by atoms with Crippen LogP contribution in [0.4, 0.5) is 5.82 Å². The van der Waals surface area contributed by atoms with Gasteiger partial charge in [0.1, 0.15) is 0 Å². The lowest BCUT2D eigenvalue weighted by Gasteiger charge is -2.26. The van der Waals surface area contributed by atoms with Crippen molar-refractivity contribution in [1.82, 2.24) is 15.2 Å². The number of halogens is 2. The van der Waals surface area contributed by atoms with Crippen LogP contribution in [0, 0.1) is 0 Å². The summed E-state index contributed by atoms with van der Waals surface area (Å²) >= 11 is 11.7. The first-order chi connectivity index (χ1) is 8.65. The van der Waals surface area contributed by atoms with E-state index >= 15 is 0 Å². The maximum atomic E-state index is 11.8. The van der Waals surface area contributed by atoms with E-state index in [1.54, 1.807) is 6.07 Å². The molecule has 2 N–H and O–H groups in total. The molecule has 1 saturated heterocycles. The molecule has 1 aromatic rings. The van der Waals surface area contributed by atoms with Crippen LogP contribution in [0.5, 0.6) is 0 Å². The molecule has 0 radical (unpaired) electrons. The Kier molecular flexibility index (Phi) is 4.77. The molecule has 98 valence electrons. The van der Waals surface area contributed by atoms with E-state index in [9.17, 15) is 4.79 Å². The summed E-state index contributed by atoms with van der Waals surface area (Å²) in [6.07, 6.45) is 1.45. The fourth-order valence-corrected chi connectivity index (χ4v) is 2.18. The molecule has 0 atom stereocenters. The Morgan fingerprint density at radius 3 is 2.83 bits per heavy atom. The van der Waals surface area contributed by atoms with Gasteiger partial charge in [-0.05, 0) is 6.07 Å². The molecular formula is C11H14Cl2N4O. The molecule has 1 aliphatic rings. The summed E-state index contributed by atoms with van der Waals surface area (Å²) in [4.78, 5) is 17.9. The van der Waals surface area contributed by atoms with Gasteiger partial charge in [0.2, 0.25) is 5.91 Å². The fraction of sp³-hybridized carbons (Fsp3) is 0.455. The number of aromatic nitrogens is 1. The van der Waals surface area contributed by atoms with E-state index in [0.717, 1.165) is 26.2 Å². The van der Waals surface area contributed by atoms with Crippen LogP contribution in [0.25, 0.3) is 0 Å². The van der Waals surface area contributed by atoms with Crippen molar-refractivity contribution in [3.63, 3.8) is 0 Å². The summed E-state index contributed by atoms with van der Waals surface area (Å²) in [6.45, 7) is 3.91. The SMILES string of the molecule is O=C(CN1CCNCC1)Nc1ncc(Cl)cc1Cl. The number of pyridine rings is 1. The number of carbonyl (C=O) groups excluding carboxylic acids is 1. The first-order valence-electron chi connectivity index (χ1n) is 5.69. The van der Waals surface area contributed by atoms with Crippen molar-refractivity contribution in [2.45, 2.75) is 0 Å². The lowest BCUT2D eigenvalue weighted by Crippen LogP contribution is -2.46. The van der Waals surface area contributed by atoms with Gasteiger partial charge in [0.25, 0.3) is 0 Å². The van der Waals surface area contributed by atoms with E-state index in [0.29, 0.717) is 22.4 Å². The summed E-state index contributed by atoms with van der Waals surface area (Å²) in [5, 5.41) is 6.70. The van der Waals surface area contributed by atoms with Crippen molar-refractivity contribution in [1.29, 1.82) is 0 Å². The zero-order chi connectivity index (χ0) is 13.0. The van der Waals surface area contributed by atoms with Gasteiger partial charge in [0.05, 0.1) is 16.6 Å². The highest BCUT2D eigenvalue weighted by molar-refractivity contribution is 6.36. The molecule has 0 unspecified atom stereocenters. The molecule has 0 aliphatic carbocycles. The number of piperazine rings is 1. The van der Waals surface area contributed by atoms with Crippen LogP contribution in [-0.2, 0) is 4.79 Å². The molecular weight excluding hydrogens is 275 g/mol. The number of nitrogens with zero attached hydrogens (tertiary/aromatic N) is 2. The first-order valence-corrected chi connectivity index (χ1v) is 6.45. The minimum Gasteiger partial charge on any atom is -0.314 e. The molecule has 0 saturated carbocycles. The average molecular weight is 289 g/mol. The monoisotopic (exact) mass is 288 g/mol. The molecule has 18 heavy (non-hydrogen) atoms. The van der Waals surface area contributed by atoms with E-state index in [4.69, 9.17) is 23.2 Å². The second-order valence-electron chi connectivity index (χ2n) is 4.06. The van der Waals surface area contributed by atoms with Crippen LogP contribution < -0.4 is 10.6 Å². The lowest BCUT2D eigenvalue weighted by atomic mass is 10.3. The van der Waals surface area contributed by atoms with Crippen LogP contribution in [0.1, 0.15) is 0 Å². The maximum absolute atomic E-state index is 11.8. The van der Waals surface area contributed by atoms with Gasteiger partial charge in [0.15, 0.2) is 5.82 Å². The number of carbonyl (C=O) groups is 1. The standard InChI is InChI=1S/C11H14Cl2N4O/c12-8-5-9(13)11(15-6-8)16-10(18)7-17-3-1-14-2-4-17/h5-6,14H,1-4,7H2,(H,15,16,18). The normalized spacial score (nSPS) is 16.6. The molecule has 0 spiro atoms. The zero-order valence-corrected chi connectivity index (χ0v) is 11.3. The van der Waals surface area contributed by atoms with E-state index in [2.05, 4.69) is 20.5 Å². The third-order valence-electron chi connectivity index (χ3n) is 2.64. The van der Waals surface area contributed by atoms with Crippen LogP contribution in [-0.4, -0.2) is 48.5 Å². The van der Waals surface area contributed by atoms with Crippen molar-refractivity contribution in [3.8, 4) is 0 Å². The molecule has 7 heteroatoms. The Balaban J connectivity index is 1.90. The minimum absolute atomic E-state index is 0.117. The highest BCUT2D eigenvalue weighted by Gasteiger charge is 2.14. The van der Waals surface area contributed by atoms with Gasteiger partial charge in [-0.2, -0.15) is 0 Å². The van der Waals surface area contributed by atoms with Crippen molar-refractivity contribution in [2.75, 3.05) is 38.0 Å². The van der Waals surface area contributed by atoms with Gasteiger partial charge in [-0.1, -0.05) is 23.2 Å². The first kappa shape index (κ1) is 13.5. The van der Waals surface area contributed by atoms with Crippen molar-refractivity contribution in [2.24, 2.45) is 0 Å². The molecule has 1 fully saturated rings. The Bertz CT molecular complexity index is 435. The van der Waals surface area contributed by atoms with Crippen LogP contribution in [0.15, 0.2) is 12.3 Å². The van der Waals surface area contributed by atoms with Crippen molar-refractivity contribution >= 4 is 34.9 Å². The molecule has 5 nitrogen and oxygen atoms in total. The predicted molar refractivity (Wildman–Crippen MR) is 72.2 cm³/mol. The second-order valence-corrected chi connectivity index (χ2v) is 4.90. The average Bonchev–Trinajstić information content (AvgIpc) is 2.34. The maximum Gasteiger partial charge on any atom is 0.239 e. The third-order valence-corrected chi connectivity index (χ3v) is 3.14. The Labute approximate surface area is 115 Å².